The summed E-state index contributed by atoms with van der Waals surface area (Å²) in [6.07, 6.45) is 0.673. The third kappa shape index (κ3) is 6.89. The van der Waals surface area contributed by atoms with Crippen molar-refractivity contribution in [1.82, 2.24) is 0 Å². The Morgan fingerprint density at radius 2 is 1.95 bits per heavy atom. The number of rotatable bonds is 8. The monoisotopic (exact) mass is 299 g/mol. The number of carbonyl (C=O) groups excluding carboxylic acids is 1. The number of nitrogens with two attached hydrogens (primary N) is 1. The first kappa shape index (κ1) is 16.4. The molecule has 0 aliphatic carbocycles. The van der Waals surface area contributed by atoms with Crippen molar-refractivity contribution in [1.29, 1.82) is 0 Å². The van der Waals surface area contributed by atoms with E-state index in [1.807, 2.05) is 23.5 Å². The highest BCUT2D eigenvalue weighted by molar-refractivity contribution is 8.02. The van der Waals surface area contributed by atoms with Crippen LogP contribution in [0.1, 0.15) is 12.0 Å². The van der Waals surface area contributed by atoms with E-state index in [1.165, 1.54) is 17.6 Å². The van der Waals surface area contributed by atoms with E-state index in [4.69, 9.17) is 5.73 Å². The van der Waals surface area contributed by atoms with Gasteiger partial charge in [-0.3, -0.25) is 4.79 Å². The van der Waals surface area contributed by atoms with Crippen LogP contribution in [0.25, 0.3) is 0 Å². The summed E-state index contributed by atoms with van der Waals surface area (Å²) in [7, 11) is 1.37. The summed E-state index contributed by atoms with van der Waals surface area (Å²) in [4.78, 5) is 12.4. The number of carbonyl (C=O) groups is 1. The summed E-state index contributed by atoms with van der Waals surface area (Å²) < 4.78 is 4.58. The molecule has 1 atom stereocenters. The van der Waals surface area contributed by atoms with E-state index < -0.39 is 6.04 Å². The number of aryl methyl sites for hydroxylation is 1. The molecule has 19 heavy (non-hydrogen) atoms. The fourth-order valence-electron chi connectivity index (χ4n) is 1.43. The fourth-order valence-corrected chi connectivity index (χ4v) is 3.43. The number of thioether (sulfide) groups is 2. The topological polar surface area (TPSA) is 52.3 Å². The first-order valence-electron chi connectivity index (χ1n) is 6.24. The van der Waals surface area contributed by atoms with Crippen LogP contribution in [-0.2, 0) is 9.53 Å². The van der Waals surface area contributed by atoms with Gasteiger partial charge < -0.3 is 10.5 Å². The van der Waals surface area contributed by atoms with Crippen LogP contribution in [0.5, 0.6) is 0 Å². The van der Waals surface area contributed by atoms with Gasteiger partial charge in [0, 0.05) is 16.4 Å². The van der Waals surface area contributed by atoms with Crippen LogP contribution >= 0.6 is 23.5 Å². The molecule has 1 aromatic rings. The zero-order chi connectivity index (χ0) is 14.1. The molecule has 5 heteroatoms. The molecule has 1 unspecified atom stereocenters. The van der Waals surface area contributed by atoms with E-state index in [-0.39, 0.29) is 5.97 Å². The Hall–Kier alpha value is -0.650. The molecule has 0 bridgehead atoms. The molecule has 0 heterocycles. The van der Waals surface area contributed by atoms with E-state index >= 15 is 0 Å². The number of methoxy groups -OCH3 is 1. The van der Waals surface area contributed by atoms with Crippen molar-refractivity contribution in [2.45, 2.75) is 24.3 Å². The lowest BCUT2D eigenvalue weighted by molar-refractivity contribution is -0.142. The Balaban J connectivity index is 2.05. The molecular weight excluding hydrogens is 278 g/mol. The Bertz CT molecular complexity index is 382. The molecule has 1 aromatic carbocycles. The zero-order valence-corrected chi connectivity index (χ0v) is 13.1. The minimum absolute atomic E-state index is 0.324. The van der Waals surface area contributed by atoms with Crippen molar-refractivity contribution in [2.75, 3.05) is 24.4 Å². The quantitative estimate of drug-likeness (QED) is 0.454. The Morgan fingerprint density at radius 3 is 2.58 bits per heavy atom. The minimum Gasteiger partial charge on any atom is -0.468 e. The molecule has 0 aliphatic rings. The first-order chi connectivity index (χ1) is 9.13. The van der Waals surface area contributed by atoms with Gasteiger partial charge in [-0.2, -0.15) is 11.8 Å². The Morgan fingerprint density at radius 1 is 1.26 bits per heavy atom. The first-order valence-corrected chi connectivity index (χ1v) is 8.38. The molecule has 1 rings (SSSR count). The maximum atomic E-state index is 11.1. The molecule has 0 spiro atoms. The van der Waals surface area contributed by atoms with Crippen LogP contribution in [0.2, 0.25) is 0 Å². The van der Waals surface area contributed by atoms with Crippen molar-refractivity contribution < 1.29 is 9.53 Å². The van der Waals surface area contributed by atoms with Gasteiger partial charge in [-0.25, -0.2) is 0 Å². The zero-order valence-electron chi connectivity index (χ0n) is 11.4. The molecule has 0 radical (unpaired) electrons. The summed E-state index contributed by atoms with van der Waals surface area (Å²) in [5.41, 5.74) is 6.94. The number of ether oxygens (including phenoxy) is 1. The summed E-state index contributed by atoms with van der Waals surface area (Å²) in [6, 6.07) is 8.08. The second-order valence-corrected chi connectivity index (χ2v) is 6.59. The van der Waals surface area contributed by atoms with E-state index in [9.17, 15) is 4.79 Å². The average molecular weight is 299 g/mol. The van der Waals surface area contributed by atoms with Crippen molar-refractivity contribution in [3.63, 3.8) is 0 Å². The van der Waals surface area contributed by atoms with Crippen LogP contribution in [0.4, 0.5) is 0 Å². The fraction of sp³-hybridized carbons (Fsp3) is 0.500. The van der Waals surface area contributed by atoms with E-state index in [1.54, 1.807) is 0 Å². The second kappa shape index (κ2) is 9.28. The number of hydrogen-bond acceptors (Lipinski definition) is 5. The van der Waals surface area contributed by atoms with Crippen molar-refractivity contribution in [3.8, 4) is 0 Å². The highest BCUT2D eigenvalue weighted by Gasteiger charge is 2.12. The van der Waals surface area contributed by atoms with E-state index in [0.717, 1.165) is 17.3 Å². The number of hydrogen-bond donors (Lipinski definition) is 1. The molecule has 3 nitrogen and oxygen atoms in total. The molecular formula is C14H21NO2S2. The number of esters is 1. The SMILES string of the molecule is COC(=O)C(N)CCSCCSc1ccc(C)cc1. The van der Waals surface area contributed by atoms with Crippen LogP contribution in [0.15, 0.2) is 29.2 Å². The van der Waals surface area contributed by atoms with E-state index in [2.05, 4.69) is 35.9 Å². The lowest BCUT2D eigenvalue weighted by Gasteiger charge is -2.08. The third-order valence-electron chi connectivity index (χ3n) is 2.59. The van der Waals surface area contributed by atoms with Crippen molar-refractivity contribution >= 4 is 29.5 Å². The van der Waals surface area contributed by atoms with Crippen LogP contribution in [0, 0.1) is 6.92 Å². The van der Waals surface area contributed by atoms with Crippen molar-refractivity contribution in [3.05, 3.63) is 29.8 Å². The van der Waals surface area contributed by atoms with Gasteiger partial charge in [0.2, 0.25) is 0 Å². The van der Waals surface area contributed by atoms with Crippen molar-refractivity contribution in [2.24, 2.45) is 5.73 Å². The summed E-state index contributed by atoms with van der Waals surface area (Å²) in [6.45, 7) is 2.09. The molecule has 0 amide bonds. The lowest BCUT2D eigenvalue weighted by atomic mass is 10.2. The standard InChI is InChI=1S/C14H21NO2S2/c1-11-3-5-12(6-4-11)19-10-9-18-8-7-13(15)14(16)17-2/h3-6,13H,7-10,15H2,1-2H3. The smallest absolute Gasteiger partial charge is 0.322 e. The maximum Gasteiger partial charge on any atom is 0.322 e. The van der Waals surface area contributed by atoms with Gasteiger partial charge in [-0.1, -0.05) is 17.7 Å². The summed E-state index contributed by atoms with van der Waals surface area (Å²) in [5.74, 6) is 2.70. The average Bonchev–Trinajstić information content (AvgIpc) is 2.43. The van der Waals surface area contributed by atoms with Crippen LogP contribution < -0.4 is 5.73 Å². The van der Waals surface area contributed by atoms with Gasteiger partial charge in [0.1, 0.15) is 6.04 Å². The summed E-state index contributed by atoms with van der Waals surface area (Å²) in [5, 5.41) is 0. The van der Waals surface area contributed by atoms with Gasteiger partial charge >= 0.3 is 5.97 Å². The van der Waals surface area contributed by atoms with Crippen LogP contribution in [0.3, 0.4) is 0 Å². The van der Waals surface area contributed by atoms with E-state index in [0.29, 0.717) is 6.42 Å². The van der Waals surface area contributed by atoms with Gasteiger partial charge in [0.15, 0.2) is 0 Å². The highest BCUT2D eigenvalue weighted by atomic mass is 32.2. The largest absolute Gasteiger partial charge is 0.468 e. The molecule has 106 valence electrons. The van der Waals surface area contributed by atoms with Gasteiger partial charge in [0.25, 0.3) is 0 Å². The predicted molar refractivity (Wildman–Crippen MR) is 83.8 cm³/mol. The Labute approximate surface area is 123 Å². The number of benzene rings is 1. The van der Waals surface area contributed by atoms with Gasteiger partial charge in [-0.05, 0) is 31.2 Å². The van der Waals surface area contributed by atoms with Gasteiger partial charge in [-0.15, -0.1) is 11.8 Å². The molecule has 0 fully saturated rings. The molecule has 0 saturated heterocycles. The maximum absolute atomic E-state index is 11.1. The third-order valence-corrected chi connectivity index (χ3v) is 4.88. The predicted octanol–water partition coefficient (Wildman–Crippen LogP) is 2.71. The lowest BCUT2D eigenvalue weighted by Crippen LogP contribution is -2.32. The molecule has 0 saturated carbocycles. The second-order valence-electron chi connectivity index (χ2n) is 4.19. The Kier molecular flexibility index (Phi) is 8.02. The molecule has 0 aliphatic heterocycles. The minimum atomic E-state index is -0.484. The highest BCUT2D eigenvalue weighted by Crippen LogP contribution is 2.19. The molecule has 2 N–H and O–H groups in total. The van der Waals surface area contributed by atoms with Crippen LogP contribution in [-0.4, -0.2) is 36.4 Å². The van der Waals surface area contributed by atoms with Gasteiger partial charge in [0.05, 0.1) is 7.11 Å². The normalized spacial score (nSPS) is 12.2. The molecule has 0 aromatic heterocycles. The summed E-state index contributed by atoms with van der Waals surface area (Å²) >= 11 is 3.68.